The predicted octanol–water partition coefficient (Wildman–Crippen LogP) is 1.58. The van der Waals surface area contributed by atoms with Crippen molar-refractivity contribution in [3.8, 4) is 11.7 Å². The number of hydrogen-bond donors (Lipinski definition) is 1. The maximum atomic E-state index is 8.67. The fourth-order valence-corrected chi connectivity index (χ4v) is 1.15. The Balaban J connectivity index is 2.35. The molecule has 0 aliphatic heterocycles. The van der Waals surface area contributed by atoms with Crippen molar-refractivity contribution in [3.05, 3.63) is 22.7 Å². The molecule has 0 aliphatic rings. The Labute approximate surface area is 81.5 Å². The van der Waals surface area contributed by atoms with Crippen LogP contribution in [0.3, 0.4) is 0 Å². The number of aliphatic hydroxyl groups excluding tert-OH is 1. The van der Waals surface area contributed by atoms with Crippen LogP contribution in [-0.4, -0.2) is 15.3 Å². The molecule has 2 aromatic rings. The minimum Gasteiger partial charge on any atom is -0.444 e. The normalized spacial score (nSPS) is 10.6. The van der Waals surface area contributed by atoms with Crippen LogP contribution < -0.4 is 0 Å². The molecular formula is C7H5BrN2O3. The number of hydrogen-bond acceptors (Lipinski definition) is 5. The molecule has 0 saturated heterocycles. The maximum Gasteiger partial charge on any atom is 0.283 e. The minimum atomic E-state index is -0.269. The van der Waals surface area contributed by atoms with E-state index in [1.165, 1.54) is 0 Å². The van der Waals surface area contributed by atoms with E-state index in [1.54, 1.807) is 12.1 Å². The molecule has 2 aromatic heterocycles. The fourth-order valence-electron chi connectivity index (χ4n) is 0.846. The van der Waals surface area contributed by atoms with E-state index in [4.69, 9.17) is 13.9 Å². The molecule has 2 heterocycles. The summed E-state index contributed by atoms with van der Waals surface area (Å²) in [6.07, 6.45) is 0. The molecule has 0 amide bonds. The third-order valence-corrected chi connectivity index (χ3v) is 1.81. The summed E-state index contributed by atoms with van der Waals surface area (Å²) in [6, 6.07) is 3.41. The second-order valence-electron chi connectivity index (χ2n) is 2.26. The maximum absolute atomic E-state index is 8.67. The lowest BCUT2D eigenvalue weighted by Crippen LogP contribution is -1.79. The van der Waals surface area contributed by atoms with Crippen molar-refractivity contribution in [1.82, 2.24) is 10.2 Å². The molecule has 0 atom stereocenters. The number of rotatable bonds is 2. The molecule has 0 radical (unpaired) electrons. The van der Waals surface area contributed by atoms with Gasteiger partial charge in [0.25, 0.3) is 5.89 Å². The lowest BCUT2D eigenvalue weighted by atomic mass is 10.5. The van der Waals surface area contributed by atoms with Crippen molar-refractivity contribution in [3.63, 3.8) is 0 Å². The zero-order chi connectivity index (χ0) is 9.26. The van der Waals surface area contributed by atoms with Crippen molar-refractivity contribution < 1.29 is 13.9 Å². The molecule has 0 fully saturated rings. The van der Waals surface area contributed by atoms with Crippen LogP contribution in [0, 0.1) is 0 Å². The highest BCUT2D eigenvalue weighted by atomic mass is 79.9. The van der Waals surface area contributed by atoms with Crippen molar-refractivity contribution in [2.75, 3.05) is 0 Å². The van der Waals surface area contributed by atoms with Gasteiger partial charge >= 0.3 is 0 Å². The summed E-state index contributed by atoms with van der Waals surface area (Å²) < 4.78 is 10.8. The van der Waals surface area contributed by atoms with Crippen LogP contribution in [-0.2, 0) is 6.61 Å². The van der Waals surface area contributed by atoms with Gasteiger partial charge in [-0.05, 0) is 28.1 Å². The Kier molecular flexibility index (Phi) is 2.15. The first-order valence-electron chi connectivity index (χ1n) is 3.48. The molecule has 1 N–H and O–H groups in total. The van der Waals surface area contributed by atoms with Crippen molar-refractivity contribution in [2.45, 2.75) is 6.61 Å². The van der Waals surface area contributed by atoms with Gasteiger partial charge in [0.2, 0.25) is 5.89 Å². The summed E-state index contributed by atoms with van der Waals surface area (Å²) in [4.78, 5) is 0. The van der Waals surface area contributed by atoms with Gasteiger partial charge in [-0.3, -0.25) is 0 Å². The Morgan fingerprint density at radius 1 is 1.31 bits per heavy atom. The Morgan fingerprint density at radius 3 is 2.69 bits per heavy atom. The van der Waals surface area contributed by atoms with E-state index in [0.717, 1.165) is 0 Å². The zero-order valence-electron chi connectivity index (χ0n) is 6.40. The van der Waals surface area contributed by atoms with Crippen molar-refractivity contribution in [1.29, 1.82) is 0 Å². The van der Waals surface area contributed by atoms with Gasteiger partial charge in [0, 0.05) is 0 Å². The molecular weight excluding hydrogens is 240 g/mol. The molecule has 6 heteroatoms. The minimum absolute atomic E-state index is 0.169. The van der Waals surface area contributed by atoms with Gasteiger partial charge in [0.05, 0.1) is 0 Å². The first kappa shape index (κ1) is 8.46. The molecule has 0 spiro atoms. The third-order valence-electron chi connectivity index (χ3n) is 1.39. The average molecular weight is 245 g/mol. The summed E-state index contributed by atoms with van der Waals surface area (Å²) in [5, 5.41) is 15.9. The highest BCUT2D eigenvalue weighted by molar-refractivity contribution is 9.10. The molecule has 68 valence electrons. The quantitative estimate of drug-likeness (QED) is 0.869. The second kappa shape index (κ2) is 3.31. The number of nitrogens with zero attached hydrogens (tertiary/aromatic N) is 2. The third kappa shape index (κ3) is 1.63. The number of halogens is 1. The van der Waals surface area contributed by atoms with Crippen LogP contribution in [0.15, 0.2) is 25.6 Å². The van der Waals surface area contributed by atoms with Gasteiger partial charge in [-0.1, -0.05) is 0 Å². The van der Waals surface area contributed by atoms with Crippen LogP contribution in [0.2, 0.25) is 0 Å². The van der Waals surface area contributed by atoms with Gasteiger partial charge in [0.15, 0.2) is 10.4 Å². The van der Waals surface area contributed by atoms with Crippen LogP contribution in [0.5, 0.6) is 0 Å². The van der Waals surface area contributed by atoms with E-state index < -0.39 is 0 Å². The van der Waals surface area contributed by atoms with Crippen LogP contribution in [0.4, 0.5) is 0 Å². The fraction of sp³-hybridized carbons (Fsp3) is 0.143. The first-order valence-corrected chi connectivity index (χ1v) is 4.28. The highest BCUT2D eigenvalue weighted by Gasteiger charge is 2.10. The molecule has 0 saturated carbocycles. The lowest BCUT2D eigenvalue weighted by Gasteiger charge is -1.85. The van der Waals surface area contributed by atoms with Gasteiger partial charge in [-0.25, -0.2) is 0 Å². The average Bonchev–Trinajstić information content (AvgIpc) is 2.71. The van der Waals surface area contributed by atoms with E-state index in [0.29, 0.717) is 10.4 Å². The molecule has 13 heavy (non-hydrogen) atoms. The largest absolute Gasteiger partial charge is 0.444 e. The zero-order valence-corrected chi connectivity index (χ0v) is 7.98. The summed E-state index contributed by atoms with van der Waals surface area (Å²) in [5.74, 6) is 0.899. The lowest BCUT2D eigenvalue weighted by molar-refractivity contribution is 0.241. The van der Waals surface area contributed by atoms with Gasteiger partial charge < -0.3 is 13.9 Å². The molecule has 0 bridgehead atoms. The number of aromatic nitrogens is 2. The molecule has 2 rings (SSSR count). The molecule has 5 nitrogen and oxygen atoms in total. The van der Waals surface area contributed by atoms with Gasteiger partial charge in [0.1, 0.15) is 6.61 Å². The summed E-state index contributed by atoms with van der Waals surface area (Å²) >= 11 is 3.15. The SMILES string of the molecule is OCc1nnc(-c2ccc(Br)o2)o1. The van der Waals surface area contributed by atoms with Crippen LogP contribution in [0.25, 0.3) is 11.7 Å². The van der Waals surface area contributed by atoms with E-state index in [2.05, 4.69) is 26.1 Å². The van der Waals surface area contributed by atoms with Crippen LogP contribution >= 0.6 is 15.9 Å². The van der Waals surface area contributed by atoms with E-state index in [9.17, 15) is 0 Å². The summed E-state index contributed by atoms with van der Waals surface area (Å²) in [7, 11) is 0. The monoisotopic (exact) mass is 244 g/mol. The second-order valence-corrected chi connectivity index (χ2v) is 3.04. The summed E-state index contributed by atoms with van der Waals surface area (Å²) in [6.45, 7) is -0.269. The standard InChI is InChI=1S/C7H5BrN2O3/c8-5-2-1-4(12-5)7-10-9-6(3-11)13-7/h1-2,11H,3H2. The van der Waals surface area contributed by atoms with Gasteiger partial charge in [-0.15, -0.1) is 10.2 Å². The smallest absolute Gasteiger partial charge is 0.283 e. The Hall–Kier alpha value is -1.14. The number of aliphatic hydroxyl groups is 1. The van der Waals surface area contributed by atoms with Crippen LogP contribution in [0.1, 0.15) is 5.89 Å². The Bertz CT molecular complexity index is 409. The summed E-state index contributed by atoms with van der Waals surface area (Å²) in [5.41, 5.74) is 0. The molecule has 0 unspecified atom stereocenters. The van der Waals surface area contributed by atoms with Crippen molar-refractivity contribution in [2.24, 2.45) is 0 Å². The molecule has 0 aliphatic carbocycles. The topological polar surface area (TPSA) is 72.3 Å². The Morgan fingerprint density at radius 2 is 2.15 bits per heavy atom. The molecule has 0 aromatic carbocycles. The van der Waals surface area contributed by atoms with Crippen molar-refractivity contribution >= 4 is 15.9 Å². The van der Waals surface area contributed by atoms with Gasteiger partial charge in [-0.2, -0.15) is 0 Å². The first-order chi connectivity index (χ1) is 6.29. The van der Waals surface area contributed by atoms with E-state index in [1.807, 2.05) is 0 Å². The van der Waals surface area contributed by atoms with E-state index in [-0.39, 0.29) is 18.4 Å². The highest BCUT2D eigenvalue weighted by Crippen LogP contribution is 2.23. The van der Waals surface area contributed by atoms with E-state index >= 15 is 0 Å². The number of furan rings is 1. The predicted molar refractivity (Wildman–Crippen MR) is 45.6 cm³/mol.